The molecule has 1 aromatic heterocycles. The first kappa shape index (κ1) is 14.5. The van der Waals surface area contributed by atoms with E-state index in [1.165, 1.54) is 0 Å². The number of aryl methyl sites for hydroxylation is 1. The number of aromatic nitrogens is 2. The van der Waals surface area contributed by atoms with Gasteiger partial charge >= 0.3 is 0 Å². The van der Waals surface area contributed by atoms with Crippen molar-refractivity contribution in [3.8, 4) is 5.69 Å². The number of nitrogens with zero attached hydrogens (tertiary/aromatic N) is 2. The van der Waals surface area contributed by atoms with Gasteiger partial charge in [-0.25, -0.2) is 4.68 Å². The second-order valence-electron chi connectivity index (χ2n) is 6.15. The average molecular weight is 330 g/mol. The van der Waals surface area contributed by atoms with Crippen molar-refractivity contribution in [3.63, 3.8) is 0 Å². The molecule has 0 saturated heterocycles. The summed E-state index contributed by atoms with van der Waals surface area (Å²) in [5, 5.41) is 8.49. The molecule has 1 aliphatic carbocycles. The number of ketones is 2. The zero-order valence-electron chi connectivity index (χ0n) is 12.7. The molecule has 118 valence electrons. The van der Waals surface area contributed by atoms with Crippen LogP contribution in [0.25, 0.3) is 5.69 Å². The van der Waals surface area contributed by atoms with Gasteiger partial charge in [-0.1, -0.05) is 17.7 Å². The average Bonchev–Trinajstić information content (AvgIpc) is 2.84. The van der Waals surface area contributed by atoms with Gasteiger partial charge in [0.15, 0.2) is 5.78 Å². The molecule has 1 aromatic carbocycles. The van der Waals surface area contributed by atoms with Gasteiger partial charge < -0.3 is 5.32 Å². The Kier molecular flexibility index (Phi) is 3.27. The van der Waals surface area contributed by atoms with Crippen LogP contribution in [0, 0.1) is 12.8 Å². The zero-order valence-corrected chi connectivity index (χ0v) is 13.4. The summed E-state index contributed by atoms with van der Waals surface area (Å²) in [6, 6.07) is 7.20. The van der Waals surface area contributed by atoms with Crippen molar-refractivity contribution < 1.29 is 9.59 Å². The molecule has 23 heavy (non-hydrogen) atoms. The number of Topliss-reactive ketones (excluding diaryl/α,β-unsaturated/α-hetero) is 2. The molecule has 4 rings (SSSR count). The van der Waals surface area contributed by atoms with Gasteiger partial charge in [0.05, 0.1) is 16.9 Å². The molecular formula is C17H16ClN3O2. The summed E-state index contributed by atoms with van der Waals surface area (Å²) < 4.78 is 1.71. The first-order valence-corrected chi connectivity index (χ1v) is 8.13. The minimum absolute atomic E-state index is 0.0410. The summed E-state index contributed by atoms with van der Waals surface area (Å²) in [5.41, 5.74) is 1.96. The fraction of sp³-hybridized carbons (Fsp3) is 0.353. The SMILES string of the molecule is Cc1nn(-c2cccc(Cl)c2)c2c1C(=O)[C@@H]1C(=O)CCC[C@H]1N2. The van der Waals surface area contributed by atoms with Gasteiger partial charge in [-0.2, -0.15) is 5.10 Å². The summed E-state index contributed by atoms with van der Waals surface area (Å²) in [5.74, 6) is 0.0520. The van der Waals surface area contributed by atoms with E-state index >= 15 is 0 Å². The maximum atomic E-state index is 12.9. The van der Waals surface area contributed by atoms with E-state index in [9.17, 15) is 9.59 Å². The van der Waals surface area contributed by atoms with Crippen LogP contribution in [-0.4, -0.2) is 27.4 Å². The Morgan fingerprint density at radius 1 is 1.35 bits per heavy atom. The van der Waals surface area contributed by atoms with E-state index in [1.807, 2.05) is 12.1 Å². The summed E-state index contributed by atoms with van der Waals surface area (Å²) >= 11 is 6.07. The van der Waals surface area contributed by atoms with Gasteiger partial charge in [0.1, 0.15) is 17.5 Å². The molecule has 1 N–H and O–H groups in total. The van der Waals surface area contributed by atoms with E-state index in [0.29, 0.717) is 28.5 Å². The highest BCUT2D eigenvalue weighted by Crippen LogP contribution is 2.37. The molecule has 2 aliphatic rings. The number of carbonyl (C=O) groups excluding carboxylic acids is 2. The number of benzene rings is 1. The molecule has 1 fully saturated rings. The highest BCUT2D eigenvalue weighted by molar-refractivity contribution is 6.30. The molecule has 1 aliphatic heterocycles. The van der Waals surface area contributed by atoms with Gasteiger partial charge in [-0.3, -0.25) is 9.59 Å². The molecule has 5 nitrogen and oxygen atoms in total. The molecular weight excluding hydrogens is 314 g/mol. The minimum atomic E-state index is -0.563. The molecule has 0 radical (unpaired) electrons. The second kappa shape index (κ2) is 5.20. The van der Waals surface area contributed by atoms with E-state index in [2.05, 4.69) is 10.4 Å². The van der Waals surface area contributed by atoms with Crippen LogP contribution in [-0.2, 0) is 4.79 Å². The van der Waals surface area contributed by atoms with Crippen LogP contribution in [0.15, 0.2) is 24.3 Å². The lowest BCUT2D eigenvalue weighted by molar-refractivity contribution is -0.123. The highest BCUT2D eigenvalue weighted by atomic mass is 35.5. The Morgan fingerprint density at radius 2 is 2.17 bits per heavy atom. The van der Waals surface area contributed by atoms with Crippen LogP contribution >= 0.6 is 11.6 Å². The Morgan fingerprint density at radius 3 is 2.96 bits per heavy atom. The maximum absolute atomic E-state index is 12.9. The third-order valence-corrected chi connectivity index (χ3v) is 4.89. The first-order chi connectivity index (χ1) is 11.1. The Bertz CT molecular complexity index is 827. The van der Waals surface area contributed by atoms with Crippen LogP contribution in [0.1, 0.15) is 35.3 Å². The van der Waals surface area contributed by atoms with Crippen molar-refractivity contribution in [1.29, 1.82) is 0 Å². The van der Waals surface area contributed by atoms with Crippen LogP contribution in [0.3, 0.4) is 0 Å². The summed E-state index contributed by atoms with van der Waals surface area (Å²) in [6.45, 7) is 1.80. The second-order valence-corrected chi connectivity index (χ2v) is 6.59. The Labute approximate surface area is 138 Å². The minimum Gasteiger partial charge on any atom is -0.365 e. The van der Waals surface area contributed by atoms with Crippen LogP contribution in [0.5, 0.6) is 0 Å². The number of nitrogens with one attached hydrogen (secondary N) is 1. The number of hydrogen-bond acceptors (Lipinski definition) is 4. The lowest BCUT2D eigenvalue weighted by Gasteiger charge is -2.34. The highest BCUT2D eigenvalue weighted by Gasteiger charge is 2.44. The Hall–Kier alpha value is -2.14. The third kappa shape index (κ3) is 2.18. The van der Waals surface area contributed by atoms with Crippen molar-refractivity contribution in [2.24, 2.45) is 5.92 Å². The summed E-state index contributed by atoms with van der Waals surface area (Å²) in [7, 11) is 0. The van der Waals surface area contributed by atoms with Crippen molar-refractivity contribution in [2.45, 2.75) is 32.2 Å². The smallest absolute Gasteiger partial charge is 0.181 e. The number of rotatable bonds is 1. The maximum Gasteiger partial charge on any atom is 0.181 e. The van der Waals surface area contributed by atoms with Crippen molar-refractivity contribution in [1.82, 2.24) is 9.78 Å². The Balaban J connectivity index is 1.86. The number of halogens is 1. The van der Waals surface area contributed by atoms with Crippen molar-refractivity contribution in [2.75, 3.05) is 5.32 Å². The lowest BCUT2D eigenvalue weighted by Crippen LogP contribution is -2.46. The normalized spacial score (nSPS) is 23.2. The predicted molar refractivity (Wildman–Crippen MR) is 87.4 cm³/mol. The van der Waals surface area contributed by atoms with Gasteiger partial charge in [0.25, 0.3) is 0 Å². The van der Waals surface area contributed by atoms with E-state index in [1.54, 1.807) is 23.7 Å². The molecule has 2 heterocycles. The predicted octanol–water partition coefficient (Wildman–Crippen LogP) is 3.18. The van der Waals surface area contributed by atoms with Crippen molar-refractivity contribution in [3.05, 3.63) is 40.5 Å². The molecule has 0 unspecified atom stereocenters. The lowest BCUT2D eigenvalue weighted by atomic mass is 9.76. The quantitative estimate of drug-likeness (QED) is 0.816. The van der Waals surface area contributed by atoms with E-state index in [0.717, 1.165) is 18.5 Å². The van der Waals surface area contributed by atoms with Crippen LogP contribution in [0.2, 0.25) is 5.02 Å². The van der Waals surface area contributed by atoms with E-state index in [4.69, 9.17) is 11.6 Å². The van der Waals surface area contributed by atoms with Crippen molar-refractivity contribution >= 4 is 29.0 Å². The van der Waals surface area contributed by atoms with Crippen LogP contribution < -0.4 is 5.32 Å². The summed E-state index contributed by atoms with van der Waals surface area (Å²) in [4.78, 5) is 25.0. The number of fused-ring (bicyclic) bond motifs is 2. The fourth-order valence-corrected chi connectivity index (χ4v) is 3.79. The first-order valence-electron chi connectivity index (χ1n) is 7.75. The number of hydrogen-bond donors (Lipinski definition) is 1. The molecule has 2 atom stereocenters. The molecule has 0 spiro atoms. The zero-order chi connectivity index (χ0) is 16.1. The van der Waals surface area contributed by atoms with Gasteiger partial charge in [-0.15, -0.1) is 0 Å². The van der Waals surface area contributed by atoms with E-state index < -0.39 is 5.92 Å². The molecule has 2 aromatic rings. The molecule has 6 heteroatoms. The molecule has 1 saturated carbocycles. The van der Waals surface area contributed by atoms with Gasteiger partial charge in [0.2, 0.25) is 0 Å². The van der Waals surface area contributed by atoms with E-state index in [-0.39, 0.29) is 17.6 Å². The monoisotopic (exact) mass is 329 g/mol. The number of anilines is 1. The summed E-state index contributed by atoms with van der Waals surface area (Å²) in [6.07, 6.45) is 2.13. The largest absolute Gasteiger partial charge is 0.365 e. The topological polar surface area (TPSA) is 64.0 Å². The third-order valence-electron chi connectivity index (χ3n) is 4.65. The number of carbonyl (C=O) groups is 2. The fourth-order valence-electron chi connectivity index (χ4n) is 3.61. The van der Waals surface area contributed by atoms with Gasteiger partial charge in [-0.05, 0) is 38.0 Å². The van der Waals surface area contributed by atoms with Gasteiger partial charge in [0, 0.05) is 17.5 Å². The molecule has 0 bridgehead atoms. The standard InChI is InChI=1S/C17H16ClN3O2/c1-9-14-16(23)15-12(6-3-7-13(15)22)19-17(14)21(20-9)11-5-2-4-10(18)8-11/h2,4-5,8,12,15,19H,3,6-7H2,1H3/t12-,15+/m1/s1. The van der Waals surface area contributed by atoms with Crippen LogP contribution in [0.4, 0.5) is 5.82 Å². The molecule has 0 amide bonds.